The van der Waals surface area contributed by atoms with Gasteiger partial charge < -0.3 is 11.1 Å². The highest BCUT2D eigenvalue weighted by Crippen LogP contribution is 2.10. The van der Waals surface area contributed by atoms with Crippen LogP contribution >= 0.6 is 23.4 Å². The lowest BCUT2D eigenvalue weighted by atomic mass is 10.1. The zero-order valence-electron chi connectivity index (χ0n) is 10.5. The molecular weight excluding hydrogens is 268 g/mol. The number of nitrogens with two attached hydrogens (primary N) is 1. The molecule has 0 aromatic heterocycles. The van der Waals surface area contributed by atoms with E-state index in [0.29, 0.717) is 12.3 Å². The molecule has 0 bridgehead atoms. The van der Waals surface area contributed by atoms with Crippen molar-refractivity contribution in [2.75, 3.05) is 18.1 Å². The average Bonchev–Trinajstić information content (AvgIpc) is 2.28. The number of rotatable bonds is 7. The van der Waals surface area contributed by atoms with Gasteiger partial charge in [-0.3, -0.25) is 4.79 Å². The minimum Gasteiger partial charge on any atom is -0.355 e. The summed E-state index contributed by atoms with van der Waals surface area (Å²) in [5, 5.41) is 3.61. The largest absolute Gasteiger partial charge is 0.355 e. The summed E-state index contributed by atoms with van der Waals surface area (Å²) in [7, 11) is 0. The highest BCUT2D eigenvalue weighted by molar-refractivity contribution is 7.99. The van der Waals surface area contributed by atoms with Gasteiger partial charge in [-0.1, -0.05) is 23.7 Å². The van der Waals surface area contributed by atoms with Crippen LogP contribution in [0.1, 0.15) is 12.5 Å². The Morgan fingerprint density at radius 2 is 2.33 bits per heavy atom. The lowest BCUT2D eigenvalue weighted by Crippen LogP contribution is -2.28. The van der Waals surface area contributed by atoms with Crippen molar-refractivity contribution in [2.24, 2.45) is 5.73 Å². The number of hydrogen-bond acceptors (Lipinski definition) is 3. The summed E-state index contributed by atoms with van der Waals surface area (Å²) in [5.41, 5.74) is 6.73. The van der Waals surface area contributed by atoms with Crippen LogP contribution in [-0.4, -0.2) is 30.0 Å². The molecule has 1 atom stereocenters. The molecule has 1 unspecified atom stereocenters. The molecule has 3 nitrogen and oxygen atoms in total. The van der Waals surface area contributed by atoms with Crippen molar-refractivity contribution in [2.45, 2.75) is 19.4 Å². The first-order valence-electron chi connectivity index (χ1n) is 5.92. The molecule has 0 aliphatic rings. The van der Waals surface area contributed by atoms with Gasteiger partial charge in [-0.2, -0.15) is 11.8 Å². The van der Waals surface area contributed by atoms with E-state index < -0.39 is 0 Å². The molecule has 0 saturated carbocycles. The first kappa shape index (κ1) is 15.3. The van der Waals surface area contributed by atoms with Crippen molar-refractivity contribution in [3.8, 4) is 0 Å². The highest BCUT2D eigenvalue weighted by atomic mass is 35.5. The van der Waals surface area contributed by atoms with Gasteiger partial charge in [0.2, 0.25) is 5.91 Å². The van der Waals surface area contributed by atoms with Crippen LogP contribution in [0, 0.1) is 0 Å². The Morgan fingerprint density at radius 3 is 3.00 bits per heavy atom. The third kappa shape index (κ3) is 6.89. The van der Waals surface area contributed by atoms with E-state index in [0.717, 1.165) is 22.8 Å². The van der Waals surface area contributed by atoms with Crippen LogP contribution in [0.2, 0.25) is 5.02 Å². The highest BCUT2D eigenvalue weighted by Gasteiger charge is 2.02. The molecule has 0 fully saturated rings. The van der Waals surface area contributed by atoms with Gasteiger partial charge >= 0.3 is 0 Å². The molecule has 1 amide bonds. The summed E-state index contributed by atoms with van der Waals surface area (Å²) >= 11 is 7.44. The lowest BCUT2D eigenvalue weighted by Gasteiger charge is -2.07. The summed E-state index contributed by atoms with van der Waals surface area (Å²) < 4.78 is 0. The molecule has 18 heavy (non-hydrogen) atoms. The van der Waals surface area contributed by atoms with Gasteiger partial charge in [0.15, 0.2) is 0 Å². The molecule has 1 aromatic carbocycles. The standard InChI is InChI=1S/C13H19ClN2OS/c1-10(15)8-18-9-13(17)16-6-5-11-3-2-4-12(14)7-11/h2-4,7,10H,5-6,8-9,15H2,1H3,(H,16,17). The van der Waals surface area contributed by atoms with Crippen molar-refractivity contribution < 1.29 is 4.79 Å². The number of amides is 1. The zero-order chi connectivity index (χ0) is 13.4. The second-order valence-electron chi connectivity index (χ2n) is 4.22. The number of carbonyl (C=O) groups is 1. The monoisotopic (exact) mass is 286 g/mol. The van der Waals surface area contributed by atoms with Crippen LogP contribution in [0.25, 0.3) is 0 Å². The van der Waals surface area contributed by atoms with Crippen molar-refractivity contribution in [3.63, 3.8) is 0 Å². The van der Waals surface area contributed by atoms with Gasteiger partial charge in [-0.05, 0) is 31.0 Å². The number of benzene rings is 1. The third-order valence-corrected chi connectivity index (χ3v) is 3.70. The van der Waals surface area contributed by atoms with E-state index in [9.17, 15) is 4.79 Å². The van der Waals surface area contributed by atoms with E-state index in [2.05, 4.69) is 5.32 Å². The van der Waals surface area contributed by atoms with Crippen molar-refractivity contribution >= 4 is 29.3 Å². The second-order valence-corrected chi connectivity index (χ2v) is 5.69. The predicted octanol–water partition coefficient (Wildman–Crippen LogP) is 2.08. The second kappa shape index (κ2) is 8.40. The molecule has 0 heterocycles. The van der Waals surface area contributed by atoms with Crippen molar-refractivity contribution in [1.82, 2.24) is 5.32 Å². The minimum absolute atomic E-state index is 0.0580. The van der Waals surface area contributed by atoms with Gasteiger partial charge in [-0.25, -0.2) is 0 Å². The molecule has 1 aromatic rings. The summed E-state index contributed by atoms with van der Waals surface area (Å²) in [6.07, 6.45) is 0.796. The number of halogens is 1. The third-order valence-electron chi connectivity index (χ3n) is 2.24. The molecule has 1 rings (SSSR count). The Kier molecular flexibility index (Phi) is 7.16. The van der Waals surface area contributed by atoms with Crippen LogP contribution in [0.3, 0.4) is 0 Å². The van der Waals surface area contributed by atoms with Gasteiger partial charge in [0.25, 0.3) is 0 Å². The maximum Gasteiger partial charge on any atom is 0.230 e. The topological polar surface area (TPSA) is 55.1 Å². The van der Waals surface area contributed by atoms with Crippen molar-refractivity contribution in [3.05, 3.63) is 34.9 Å². The van der Waals surface area contributed by atoms with E-state index in [-0.39, 0.29) is 11.9 Å². The summed E-state index contributed by atoms with van der Waals surface area (Å²) in [4.78, 5) is 11.5. The van der Waals surface area contributed by atoms with Crippen LogP contribution in [-0.2, 0) is 11.2 Å². The number of carbonyl (C=O) groups excluding carboxylic acids is 1. The Bertz CT molecular complexity index is 385. The number of hydrogen-bond donors (Lipinski definition) is 2. The molecule has 0 aliphatic heterocycles. The summed E-state index contributed by atoms with van der Waals surface area (Å²) in [6.45, 7) is 2.57. The lowest BCUT2D eigenvalue weighted by molar-refractivity contribution is -0.118. The Hall–Kier alpha value is -0.710. The predicted molar refractivity (Wildman–Crippen MR) is 79.1 cm³/mol. The quantitative estimate of drug-likeness (QED) is 0.807. The Labute approximate surface area is 117 Å². The maximum absolute atomic E-state index is 11.5. The fraction of sp³-hybridized carbons (Fsp3) is 0.462. The van der Waals surface area contributed by atoms with Crippen LogP contribution in [0.4, 0.5) is 0 Å². The maximum atomic E-state index is 11.5. The van der Waals surface area contributed by atoms with Crippen LogP contribution < -0.4 is 11.1 Å². The van der Waals surface area contributed by atoms with Gasteiger partial charge in [0.1, 0.15) is 0 Å². The fourth-order valence-corrected chi connectivity index (χ4v) is 2.42. The van der Waals surface area contributed by atoms with Crippen LogP contribution in [0.5, 0.6) is 0 Å². The molecule has 0 aliphatic carbocycles. The first-order chi connectivity index (χ1) is 8.58. The Morgan fingerprint density at radius 1 is 1.56 bits per heavy atom. The first-order valence-corrected chi connectivity index (χ1v) is 7.45. The van der Waals surface area contributed by atoms with Gasteiger partial charge in [0, 0.05) is 23.4 Å². The van der Waals surface area contributed by atoms with E-state index in [4.69, 9.17) is 17.3 Å². The van der Waals surface area contributed by atoms with Crippen LogP contribution in [0.15, 0.2) is 24.3 Å². The zero-order valence-corrected chi connectivity index (χ0v) is 12.1. The molecular formula is C13H19ClN2OS. The molecule has 100 valence electrons. The summed E-state index contributed by atoms with van der Waals surface area (Å²) in [6, 6.07) is 7.81. The molecule has 0 saturated heterocycles. The number of thioether (sulfide) groups is 1. The summed E-state index contributed by atoms with van der Waals surface area (Å²) in [5.74, 6) is 1.33. The normalized spacial score (nSPS) is 12.2. The molecule has 0 radical (unpaired) electrons. The SMILES string of the molecule is CC(N)CSCC(=O)NCCc1cccc(Cl)c1. The molecule has 0 spiro atoms. The Balaban J connectivity index is 2.15. The van der Waals surface area contributed by atoms with Gasteiger partial charge in [-0.15, -0.1) is 0 Å². The van der Waals surface area contributed by atoms with E-state index in [1.165, 1.54) is 0 Å². The van der Waals surface area contributed by atoms with E-state index >= 15 is 0 Å². The van der Waals surface area contributed by atoms with E-state index in [1.54, 1.807) is 11.8 Å². The fourth-order valence-electron chi connectivity index (χ4n) is 1.43. The van der Waals surface area contributed by atoms with Crippen molar-refractivity contribution in [1.29, 1.82) is 0 Å². The van der Waals surface area contributed by atoms with Gasteiger partial charge in [0.05, 0.1) is 5.75 Å². The van der Waals surface area contributed by atoms with E-state index in [1.807, 2.05) is 31.2 Å². The number of nitrogens with one attached hydrogen (secondary N) is 1. The minimum atomic E-state index is 0.0580. The smallest absolute Gasteiger partial charge is 0.230 e. The molecule has 5 heteroatoms. The molecule has 3 N–H and O–H groups in total. The average molecular weight is 287 g/mol.